The molecule has 25 heavy (non-hydrogen) atoms. The zero-order valence-corrected chi connectivity index (χ0v) is 15.0. The topological polar surface area (TPSA) is 92.0 Å². The number of benzene rings is 1. The van der Waals surface area contributed by atoms with Gasteiger partial charge in [-0.05, 0) is 25.2 Å². The summed E-state index contributed by atoms with van der Waals surface area (Å²) in [5, 5.41) is 2.88. The molecule has 1 aliphatic heterocycles. The molecule has 3 N–H and O–H groups in total. The van der Waals surface area contributed by atoms with Crippen molar-refractivity contribution >= 4 is 5.91 Å². The minimum absolute atomic E-state index is 0.102. The molecule has 1 heterocycles. The Balaban J connectivity index is 1.68. The summed E-state index contributed by atoms with van der Waals surface area (Å²) in [5.74, 6) is 2.11. The maximum atomic E-state index is 12.1. The van der Waals surface area contributed by atoms with E-state index < -0.39 is 6.04 Å². The third-order valence-electron chi connectivity index (χ3n) is 4.29. The van der Waals surface area contributed by atoms with Crippen LogP contribution in [0.3, 0.4) is 0 Å². The smallest absolute Gasteiger partial charge is 0.237 e. The molecule has 1 aliphatic rings. The van der Waals surface area contributed by atoms with E-state index in [-0.39, 0.29) is 11.8 Å². The fourth-order valence-corrected chi connectivity index (χ4v) is 2.75. The lowest BCUT2D eigenvalue weighted by Gasteiger charge is -2.26. The molecule has 1 amide bonds. The molecule has 1 unspecified atom stereocenters. The summed E-state index contributed by atoms with van der Waals surface area (Å²) in [4.78, 5) is 12.1. The molecule has 0 spiro atoms. The predicted octanol–water partition coefficient (Wildman–Crippen LogP) is 1.34. The van der Waals surface area contributed by atoms with Gasteiger partial charge in [-0.15, -0.1) is 0 Å². The van der Waals surface area contributed by atoms with Crippen molar-refractivity contribution in [1.82, 2.24) is 5.32 Å². The molecule has 2 rings (SSSR count). The van der Waals surface area contributed by atoms with Crippen LogP contribution >= 0.6 is 0 Å². The number of carbonyl (C=O) groups is 1. The van der Waals surface area contributed by atoms with Crippen LogP contribution < -0.4 is 25.3 Å². The molecule has 1 saturated heterocycles. The number of hydrogen-bond donors (Lipinski definition) is 2. The molecule has 0 aromatic heterocycles. The first-order chi connectivity index (χ1) is 12.1. The van der Waals surface area contributed by atoms with Gasteiger partial charge in [0.05, 0.1) is 26.9 Å². The van der Waals surface area contributed by atoms with E-state index >= 15 is 0 Å². The van der Waals surface area contributed by atoms with E-state index in [0.29, 0.717) is 50.0 Å². The molecule has 0 bridgehead atoms. The van der Waals surface area contributed by atoms with Gasteiger partial charge < -0.3 is 30.0 Å². The van der Waals surface area contributed by atoms with Gasteiger partial charge in [-0.25, -0.2) is 0 Å². The third kappa shape index (κ3) is 6.10. The van der Waals surface area contributed by atoms with Gasteiger partial charge in [-0.2, -0.15) is 0 Å². The van der Waals surface area contributed by atoms with Gasteiger partial charge >= 0.3 is 0 Å². The molecule has 1 fully saturated rings. The highest BCUT2D eigenvalue weighted by Gasteiger charge is 2.26. The van der Waals surface area contributed by atoms with Gasteiger partial charge in [0.1, 0.15) is 17.2 Å². The predicted molar refractivity (Wildman–Crippen MR) is 94.2 cm³/mol. The highest BCUT2D eigenvalue weighted by Crippen LogP contribution is 2.27. The third-order valence-corrected chi connectivity index (χ3v) is 4.29. The lowest BCUT2D eigenvalue weighted by Crippen LogP contribution is -2.47. The summed E-state index contributed by atoms with van der Waals surface area (Å²) in [6.07, 6.45) is 2.37. The normalized spacial score (nSPS) is 16.1. The van der Waals surface area contributed by atoms with Crippen LogP contribution in [0.25, 0.3) is 0 Å². The standard InChI is InChI=1S/C18H28N2O5/c1-22-14-10-15(23-2)12-16(11-14)25-7-3-6-20-18(21)17(19)13-4-8-24-9-5-13/h10-13,17H,3-9,19H2,1-2H3,(H,20,21). The minimum Gasteiger partial charge on any atom is -0.496 e. The number of rotatable bonds is 9. The van der Waals surface area contributed by atoms with Gasteiger partial charge in [0, 0.05) is 38.0 Å². The molecule has 140 valence electrons. The van der Waals surface area contributed by atoms with Gasteiger partial charge in [-0.1, -0.05) is 0 Å². The first-order valence-corrected chi connectivity index (χ1v) is 8.61. The summed E-state index contributed by atoms with van der Waals surface area (Å²) in [7, 11) is 3.19. The zero-order chi connectivity index (χ0) is 18.1. The Morgan fingerprint density at radius 2 is 1.80 bits per heavy atom. The summed E-state index contributed by atoms with van der Waals surface area (Å²) >= 11 is 0. The quantitative estimate of drug-likeness (QED) is 0.652. The highest BCUT2D eigenvalue weighted by atomic mass is 16.5. The minimum atomic E-state index is -0.465. The van der Waals surface area contributed by atoms with E-state index in [1.54, 1.807) is 32.4 Å². The molecule has 0 radical (unpaired) electrons. The van der Waals surface area contributed by atoms with E-state index in [9.17, 15) is 4.79 Å². The lowest BCUT2D eigenvalue weighted by atomic mass is 9.92. The molecule has 0 aliphatic carbocycles. The molecule has 7 heteroatoms. The summed E-state index contributed by atoms with van der Waals surface area (Å²) in [6.45, 7) is 2.37. The monoisotopic (exact) mass is 352 g/mol. The van der Waals surface area contributed by atoms with Crippen molar-refractivity contribution in [3.63, 3.8) is 0 Å². The lowest BCUT2D eigenvalue weighted by molar-refractivity contribution is -0.124. The Hall–Kier alpha value is -1.99. The molecular weight excluding hydrogens is 324 g/mol. The summed E-state index contributed by atoms with van der Waals surface area (Å²) in [6, 6.07) is 4.90. The average molecular weight is 352 g/mol. The van der Waals surface area contributed by atoms with Gasteiger partial charge in [0.25, 0.3) is 0 Å². The maximum Gasteiger partial charge on any atom is 0.237 e. The van der Waals surface area contributed by atoms with Gasteiger partial charge in [-0.3, -0.25) is 4.79 Å². The van der Waals surface area contributed by atoms with Crippen molar-refractivity contribution in [1.29, 1.82) is 0 Å². The van der Waals surface area contributed by atoms with Crippen molar-refractivity contribution < 1.29 is 23.7 Å². The second-order valence-electron chi connectivity index (χ2n) is 6.02. The van der Waals surface area contributed by atoms with Crippen LogP contribution in [0.5, 0.6) is 17.2 Å². The Morgan fingerprint density at radius 3 is 2.40 bits per heavy atom. The van der Waals surface area contributed by atoms with Crippen molar-refractivity contribution in [2.24, 2.45) is 11.7 Å². The number of nitrogens with two attached hydrogens (primary N) is 1. The van der Waals surface area contributed by atoms with E-state index in [1.165, 1.54) is 0 Å². The van der Waals surface area contributed by atoms with Crippen LogP contribution in [-0.2, 0) is 9.53 Å². The molecule has 0 saturated carbocycles. The Morgan fingerprint density at radius 1 is 1.20 bits per heavy atom. The molecule has 7 nitrogen and oxygen atoms in total. The van der Waals surface area contributed by atoms with E-state index in [1.807, 2.05) is 0 Å². The molecule has 1 atom stereocenters. The van der Waals surface area contributed by atoms with Crippen molar-refractivity contribution in [3.05, 3.63) is 18.2 Å². The number of nitrogens with one attached hydrogen (secondary N) is 1. The molecule has 1 aromatic carbocycles. The number of methoxy groups -OCH3 is 2. The molecular formula is C18H28N2O5. The zero-order valence-electron chi connectivity index (χ0n) is 15.0. The summed E-state index contributed by atoms with van der Waals surface area (Å²) < 4.78 is 21.4. The van der Waals surface area contributed by atoms with Gasteiger partial charge in [0.15, 0.2) is 0 Å². The fraction of sp³-hybridized carbons (Fsp3) is 0.611. The van der Waals surface area contributed by atoms with Crippen molar-refractivity contribution in [2.75, 3.05) is 40.6 Å². The van der Waals surface area contributed by atoms with E-state index in [2.05, 4.69) is 5.32 Å². The van der Waals surface area contributed by atoms with Crippen molar-refractivity contribution in [3.8, 4) is 17.2 Å². The van der Waals surface area contributed by atoms with E-state index in [4.69, 9.17) is 24.7 Å². The van der Waals surface area contributed by atoms with Gasteiger partial charge in [0.2, 0.25) is 5.91 Å². The summed E-state index contributed by atoms with van der Waals surface area (Å²) in [5.41, 5.74) is 6.04. The number of carbonyl (C=O) groups excluding carboxylic acids is 1. The maximum absolute atomic E-state index is 12.1. The largest absolute Gasteiger partial charge is 0.496 e. The SMILES string of the molecule is COc1cc(OC)cc(OCCCNC(=O)C(N)C2CCOCC2)c1. The number of hydrogen-bond acceptors (Lipinski definition) is 6. The van der Waals surface area contributed by atoms with Crippen LogP contribution in [0, 0.1) is 5.92 Å². The fourth-order valence-electron chi connectivity index (χ4n) is 2.75. The second-order valence-corrected chi connectivity index (χ2v) is 6.02. The van der Waals surface area contributed by atoms with Crippen LogP contribution in [0.2, 0.25) is 0 Å². The Labute approximate surface area is 148 Å². The Kier molecular flexibility index (Phi) is 7.81. The van der Waals surface area contributed by atoms with Crippen molar-refractivity contribution in [2.45, 2.75) is 25.3 Å². The van der Waals surface area contributed by atoms with Crippen LogP contribution in [0.1, 0.15) is 19.3 Å². The molecule has 1 aromatic rings. The first kappa shape index (κ1) is 19.3. The first-order valence-electron chi connectivity index (χ1n) is 8.61. The van der Waals surface area contributed by atoms with Crippen LogP contribution in [0.15, 0.2) is 18.2 Å². The van der Waals surface area contributed by atoms with E-state index in [0.717, 1.165) is 12.8 Å². The highest BCUT2D eigenvalue weighted by molar-refractivity contribution is 5.81. The van der Waals surface area contributed by atoms with Crippen LogP contribution in [-0.4, -0.2) is 52.5 Å². The Bertz CT molecular complexity index is 524. The number of amides is 1. The second kappa shape index (κ2) is 10.1. The van der Waals surface area contributed by atoms with Crippen LogP contribution in [0.4, 0.5) is 0 Å². The average Bonchev–Trinajstić information content (AvgIpc) is 2.67. The number of ether oxygens (including phenoxy) is 4.